The van der Waals surface area contributed by atoms with Crippen molar-refractivity contribution < 1.29 is 0 Å². The first-order valence-electron chi connectivity index (χ1n) is 19.3. The summed E-state index contributed by atoms with van der Waals surface area (Å²) < 4.78 is 0. The molecular weight excluding hydrogens is 641 g/mol. The molecule has 8 aromatic carbocycles. The van der Waals surface area contributed by atoms with Gasteiger partial charge >= 0.3 is 0 Å². The maximum absolute atomic E-state index is 2.59. The van der Waals surface area contributed by atoms with Crippen LogP contribution in [-0.2, 0) is 18.3 Å². The molecule has 0 unspecified atom stereocenters. The topological polar surface area (TPSA) is 6.48 Å². The molecule has 0 saturated heterocycles. The molecule has 1 aliphatic carbocycles. The van der Waals surface area contributed by atoms with Crippen LogP contribution in [0.2, 0.25) is 0 Å². The quantitative estimate of drug-likeness (QED) is 0.154. The molecular formula is C51H48N2. The lowest BCUT2D eigenvalue weighted by Gasteiger charge is -2.37. The Morgan fingerprint density at radius 3 is 1.55 bits per heavy atom. The zero-order valence-electron chi connectivity index (χ0n) is 32.1. The predicted molar refractivity (Wildman–Crippen MR) is 229 cm³/mol. The van der Waals surface area contributed by atoms with E-state index < -0.39 is 0 Å². The fraction of sp³-hybridized carbons (Fsp3) is 0.216. The third-order valence-corrected chi connectivity index (χ3v) is 12.1. The molecule has 0 fully saturated rings. The smallest absolute Gasteiger partial charge is 0.0543 e. The van der Waals surface area contributed by atoms with E-state index in [2.05, 4.69) is 186 Å². The summed E-state index contributed by atoms with van der Waals surface area (Å²) in [6, 6.07) is 47.8. The Kier molecular flexibility index (Phi) is 7.85. The summed E-state index contributed by atoms with van der Waals surface area (Å²) in [5.74, 6) is 0. The van der Waals surface area contributed by atoms with Crippen LogP contribution in [0.4, 0.5) is 34.1 Å². The minimum Gasteiger partial charge on any atom is -0.309 e. The molecule has 0 aromatic heterocycles. The van der Waals surface area contributed by atoms with Gasteiger partial charge in [0.25, 0.3) is 0 Å². The monoisotopic (exact) mass is 688 g/mol. The number of anilines is 6. The highest BCUT2D eigenvalue weighted by Gasteiger charge is 2.34. The first-order valence-corrected chi connectivity index (χ1v) is 19.3. The predicted octanol–water partition coefficient (Wildman–Crippen LogP) is 14.5. The van der Waals surface area contributed by atoms with Gasteiger partial charge in [-0.15, -0.1) is 0 Å². The highest BCUT2D eigenvalue weighted by molar-refractivity contribution is 6.30. The molecule has 53 heavy (non-hydrogen) atoms. The van der Waals surface area contributed by atoms with E-state index in [0.717, 1.165) is 19.3 Å². The zero-order chi connectivity index (χ0) is 36.6. The maximum Gasteiger partial charge on any atom is 0.0543 e. The van der Waals surface area contributed by atoms with Gasteiger partial charge in [0.2, 0.25) is 0 Å². The van der Waals surface area contributed by atoms with Gasteiger partial charge in [-0.25, -0.2) is 0 Å². The first-order chi connectivity index (χ1) is 25.7. The highest BCUT2D eigenvalue weighted by atomic mass is 15.2. The van der Waals surface area contributed by atoms with Gasteiger partial charge in [-0.3, -0.25) is 0 Å². The van der Waals surface area contributed by atoms with Crippen LogP contribution in [0.15, 0.2) is 127 Å². The lowest BCUT2D eigenvalue weighted by molar-refractivity contribution is 0.475. The molecule has 1 aliphatic rings. The standard InChI is InChI=1S/C51H48N2/c1-8-36-29-45(53(39-23-13-10-14-24-39)50-34(4)19-16-20-35(50)5)42-31-43-46-37(27-28-51(43,6)7)30-44(41-26-25-40(36)47(42)48(41)46)52(38-21-11-9-12-22-38)49-32(2)17-15-18-33(49)3/h9-26,29-31H,8,27-28H2,1-7H3. The number of benzene rings is 8. The summed E-state index contributed by atoms with van der Waals surface area (Å²) in [6.07, 6.45) is 3.12. The van der Waals surface area contributed by atoms with Crippen LogP contribution in [0.3, 0.4) is 0 Å². The summed E-state index contributed by atoms with van der Waals surface area (Å²) in [6.45, 7) is 16.3. The molecule has 8 aromatic rings. The van der Waals surface area contributed by atoms with Crippen LogP contribution in [0.1, 0.15) is 66.1 Å². The van der Waals surface area contributed by atoms with Crippen molar-refractivity contribution in [3.63, 3.8) is 0 Å². The molecule has 0 atom stereocenters. The van der Waals surface area contributed by atoms with Gasteiger partial charge in [0, 0.05) is 27.5 Å². The Balaban J connectivity index is 1.48. The molecule has 0 radical (unpaired) electrons. The van der Waals surface area contributed by atoms with Crippen molar-refractivity contribution >= 4 is 66.4 Å². The summed E-state index contributed by atoms with van der Waals surface area (Å²) >= 11 is 0. The van der Waals surface area contributed by atoms with E-state index in [1.807, 2.05) is 0 Å². The number of aryl methyl sites for hydroxylation is 6. The van der Waals surface area contributed by atoms with Crippen molar-refractivity contribution in [2.45, 2.75) is 73.1 Å². The molecule has 2 heteroatoms. The third kappa shape index (κ3) is 5.14. The molecule has 0 saturated carbocycles. The van der Waals surface area contributed by atoms with Gasteiger partial charge in [0.15, 0.2) is 0 Å². The lowest BCUT2D eigenvalue weighted by atomic mass is 9.70. The molecule has 9 rings (SSSR count). The maximum atomic E-state index is 2.59. The molecule has 0 bridgehead atoms. The minimum absolute atomic E-state index is 0.0316. The van der Waals surface area contributed by atoms with E-state index in [9.17, 15) is 0 Å². The SMILES string of the molecule is CCc1cc(N(c2ccccc2)c2c(C)cccc2C)c2cc3c4c(cc(N(c5ccccc5)c5c(C)cccc5C)c5ccc1c2c54)CCC3(C)C. The van der Waals surface area contributed by atoms with Crippen molar-refractivity contribution in [3.05, 3.63) is 166 Å². The van der Waals surface area contributed by atoms with Gasteiger partial charge in [0.05, 0.1) is 22.7 Å². The Hall–Kier alpha value is -5.60. The largest absolute Gasteiger partial charge is 0.309 e. The van der Waals surface area contributed by atoms with E-state index in [-0.39, 0.29) is 5.41 Å². The molecule has 0 amide bonds. The molecule has 0 heterocycles. The van der Waals surface area contributed by atoms with Crippen molar-refractivity contribution in [2.24, 2.45) is 0 Å². The Bertz CT molecular complexity index is 2630. The Morgan fingerprint density at radius 1 is 0.509 bits per heavy atom. The second-order valence-corrected chi connectivity index (χ2v) is 15.9. The Morgan fingerprint density at radius 2 is 1.02 bits per heavy atom. The van der Waals surface area contributed by atoms with E-state index in [0.29, 0.717) is 0 Å². The molecule has 262 valence electrons. The van der Waals surface area contributed by atoms with Crippen molar-refractivity contribution in [1.82, 2.24) is 0 Å². The van der Waals surface area contributed by atoms with Gasteiger partial charge in [-0.05, 0) is 150 Å². The highest BCUT2D eigenvalue weighted by Crippen LogP contribution is 2.54. The summed E-state index contributed by atoms with van der Waals surface area (Å²) in [5.41, 5.74) is 16.8. The summed E-state index contributed by atoms with van der Waals surface area (Å²) in [5, 5.41) is 8.26. The Labute approximate surface area is 314 Å². The first kappa shape index (κ1) is 33.3. The van der Waals surface area contributed by atoms with Gasteiger partial charge in [-0.1, -0.05) is 106 Å². The molecule has 2 nitrogen and oxygen atoms in total. The molecule has 0 spiro atoms. The van der Waals surface area contributed by atoms with Gasteiger partial charge in [-0.2, -0.15) is 0 Å². The van der Waals surface area contributed by atoms with Crippen LogP contribution >= 0.6 is 0 Å². The van der Waals surface area contributed by atoms with E-state index >= 15 is 0 Å². The van der Waals surface area contributed by atoms with Crippen molar-refractivity contribution in [2.75, 3.05) is 9.80 Å². The number of para-hydroxylation sites is 4. The average molecular weight is 689 g/mol. The average Bonchev–Trinajstić information content (AvgIpc) is 3.16. The van der Waals surface area contributed by atoms with Gasteiger partial charge in [0.1, 0.15) is 0 Å². The fourth-order valence-corrected chi connectivity index (χ4v) is 9.44. The zero-order valence-corrected chi connectivity index (χ0v) is 32.1. The number of hydrogen-bond acceptors (Lipinski definition) is 2. The minimum atomic E-state index is 0.0316. The van der Waals surface area contributed by atoms with Crippen LogP contribution in [0, 0.1) is 27.7 Å². The molecule has 0 N–H and O–H groups in total. The van der Waals surface area contributed by atoms with Crippen LogP contribution in [0.5, 0.6) is 0 Å². The van der Waals surface area contributed by atoms with Crippen molar-refractivity contribution in [3.8, 4) is 0 Å². The van der Waals surface area contributed by atoms with E-state index in [1.165, 1.54) is 105 Å². The number of rotatable bonds is 7. The molecule has 0 aliphatic heterocycles. The fourth-order valence-electron chi connectivity index (χ4n) is 9.44. The second-order valence-electron chi connectivity index (χ2n) is 15.9. The normalized spacial score (nSPS) is 13.6. The van der Waals surface area contributed by atoms with Crippen LogP contribution < -0.4 is 9.80 Å². The van der Waals surface area contributed by atoms with E-state index in [4.69, 9.17) is 0 Å². The second kappa shape index (κ2) is 12.5. The van der Waals surface area contributed by atoms with Crippen LogP contribution in [0.25, 0.3) is 32.3 Å². The number of nitrogens with zero attached hydrogens (tertiary/aromatic N) is 2. The van der Waals surface area contributed by atoms with Gasteiger partial charge < -0.3 is 9.80 Å². The summed E-state index contributed by atoms with van der Waals surface area (Å²) in [4.78, 5) is 5.09. The van der Waals surface area contributed by atoms with E-state index in [1.54, 1.807) is 0 Å². The third-order valence-electron chi connectivity index (χ3n) is 12.1. The number of hydrogen-bond donors (Lipinski definition) is 0. The summed E-state index contributed by atoms with van der Waals surface area (Å²) in [7, 11) is 0. The van der Waals surface area contributed by atoms with Crippen LogP contribution in [-0.4, -0.2) is 0 Å². The van der Waals surface area contributed by atoms with Crippen molar-refractivity contribution in [1.29, 1.82) is 0 Å². The lowest BCUT2D eigenvalue weighted by Crippen LogP contribution is -2.24.